The second-order valence-electron chi connectivity index (χ2n) is 2.95. The van der Waals surface area contributed by atoms with Crippen LogP contribution in [0.25, 0.3) is 11.1 Å². The number of phenolic OH excluding ortho intramolecular Hbond substituents is 1. The SMILES string of the molecule is O=[N+]([O-])c1ccc(O)c(-c2cn[nH]c2)c1. The first-order valence-electron chi connectivity index (χ1n) is 4.15. The van der Waals surface area contributed by atoms with Gasteiger partial charge in [-0.25, -0.2) is 0 Å². The quantitative estimate of drug-likeness (QED) is 0.576. The molecule has 2 aromatic rings. The van der Waals surface area contributed by atoms with Gasteiger partial charge in [0.15, 0.2) is 0 Å². The average Bonchev–Trinajstić information content (AvgIpc) is 2.71. The first-order chi connectivity index (χ1) is 7.18. The summed E-state index contributed by atoms with van der Waals surface area (Å²) in [6.07, 6.45) is 3.04. The van der Waals surface area contributed by atoms with E-state index in [1.165, 1.54) is 24.4 Å². The number of phenols is 1. The van der Waals surface area contributed by atoms with E-state index >= 15 is 0 Å². The van der Waals surface area contributed by atoms with E-state index in [9.17, 15) is 15.2 Å². The zero-order chi connectivity index (χ0) is 10.8. The lowest BCUT2D eigenvalue weighted by Gasteiger charge is -2.00. The number of aromatic nitrogens is 2. The summed E-state index contributed by atoms with van der Waals surface area (Å²) in [6, 6.07) is 3.85. The van der Waals surface area contributed by atoms with E-state index in [1.54, 1.807) is 6.20 Å². The molecule has 0 atom stereocenters. The summed E-state index contributed by atoms with van der Waals surface area (Å²) >= 11 is 0. The molecule has 0 aliphatic heterocycles. The minimum atomic E-state index is -0.511. The van der Waals surface area contributed by atoms with Gasteiger partial charge >= 0.3 is 0 Å². The number of nitrogens with one attached hydrogen (secondary N) is 1. The highest BCUT2D eigenvalue weighted by Crippen LogP contribution is 2.31. The summed E-state index contributed by atoms with van der Waals surface area (Å²) in [5, 5.41) is 26.3. The molecule has 1 aromatic carbocycles. The minimum Gasteiger partial charge on any atom is -0.507 e. The predicted octanol–water partition coefficient (Wildman–Crippen LogP) is 1.69. The molecule has 0 bridgehead atoms. The van der Waals surface area contributed by atoms with Gasteiger partial charge in [-0.15, -0.1) is 0 Å². The van der Waals surface area contributed by atoms with E-state index in [2.05, 4.69) is 10.2 Å². The molecule has 15 heavy (non-hydrogen) atoms. The van der Waals surface area contributed by atoms with Gasteiger partial charge in [0, 0.05) is 29.5 Å². The van der Waals surface area contributed by atoms with Crippen LogP contribution in [0.4, 0.5) is 5.69 Å². The van der Waals surface area contributed by atoms with Crippen molar-refractivity contribution in [3.63, 3.8) is 0 Å². The Morgan fingerprint density at radius 3 is 2.87 bits per heavy atom. The summed E-state index contributed by atoms with van der Waals surface area (Å²) in [5.74, 6) is -0.0120. The molecule has 0 saturated carbocycles. The molecule has 0 amide bonds. The van der Waals surface area contributed by atoms with Gasteiger partial charge in [-0.2, -0.15) is 5.10 Å². The van der Waals surface area contributed by atoms with Crippen molar-refractivity contribution in [3.05, 3.63) is 40.7 Å². The van der Waals surface area contributed by atoms with E-state index in [4.69, 9.17) is 0 Å². The molecule has 6 nitrogen and oxygen atoms in total. The number of nitrogens with zero attached hydrogens (tertiary/aromatic N) is 2. The maximum Gasteiger partial charge on any atom is 0.270 e. The van der Waals surface area contributed by atoms with Crippen LogP contribution in [0.5, 0.6) is 5.75 Å². The van der Waals surface area contributed by atoms with Gasteiger partial charge in [-0.05, 0) is 6.07 Å². The second kappa shape index (κ2) is 3.41. The number of benzene rings is 1. The monoisotopic (exact) mass is 205 g/mol. The number of rotatable bonds is 2. The van der Waals surface area contributed by atoms with Gasteiger partial charge in [0.1, 0.15) is 5.75 Å². The van der Waals surface area contributed by atoms with Crippen LogP contribution >= 0.6 is 0 Å². The lowest BCUT2D eigenvalue weighted by atomic mass is 10.1. The Morgan fingerprint density at radius 1 is 1.47 bits per heavy atom. The fourth-order valence-corrected chi connectivity index (χ4v) is 1.27. The highest BCUT2D eigenvalue weighted by Gasteiger charge is 2.12. The van der Waals surface area contributed by atoms with Crippen LogP contribution < -0.4 is 0 Å². The zero-order valence-corrected chi connectivity index (χ0v) is 7.54. The van der Waals surface area contributed by atoms with Gasteiger partial charge < -0.3 is 5.11 Å². The van der Waals surface area contributed by atoms with E-state index in [0.29, 0.717) is 11.1 Å². The summed E-state index contributed by atoms with van der Waals surface area (Å²) in [6.45, 7) is 0. The Kier molecular flexibility index (Phi) is 2.09. The summed E-state index contributed by atoms with van der Waals surface area (Å²) in [5.41, 5.74) is 0.929. The predicted molar refractivity (Wildman–Crippen MR) is 52.3 cm³/mol. The van der Waals surface area contributed by atoms with Crippen LogP contribution in [0.3, 0.4) is 0 Å². The molecular formula is C9H7N3O3. The highest BCUT2D eigenvalue weighted by molar-refractivity contribution is 5.71. The van der Waals surface area contributed by atoms with Crippen molar-refractivity contribution in [3.8, 4) is 16.9 Å². The van der Waals surface area contributed by atoms with Crippen LogP contribution in [0.15, 0.2) is 30.6 Å². The number of aromatic amines is 1. The Balaban J connectivity index is 2.55. The number of non-ortho nitro benzene ring substituents is 1. The summed E-state index contributed by atoms with van der Waals surface area (Å²) in [4.78, 5) is 10.0. The van der Waals surface area contributed by atoms with E-state index in [0.717, 1.165) is 0 Å². The molecule has 1 aromatic heterocycles. The van der Waals surface area contributed by atoms with E-state index in [-0.39, 0.29) is 11.4 Å². The van der Waals surface area contributed by atoms with Crippen molar-refractivity contribution in [2.24, 2.45) is 0 Å². The van der Waals surface area contributed by atoms with Crippen LogP contribution in [-0.2, 0) is 0 Å². The number of aromatic hydroxyl groups is 1. The van der Waals surface area contributed by atoms with Crippen LogP contribution in [0, 0.1) is 10.1 Å². The van der Waals surface area contributed by atoms with Crippen LogP contribution in [-0.4, -0.2) is 20.2 Å². The molecule has 0 fully saturated rings. The number of hydrogen-bond acceptors (Lipinski definition) is 4. The fraction of sp³-hybridized carbons (Fsp3) is 0. The van der Waals surface area contributed by atoms with Gasteiger partial charge in [0.25, 0.3) is 5.69 Å². The van der Waals surface area contributed by atoms with Crippen LogP contribution in [0.2, 0.25) is 0 Å². The highest BCUT2D eigenvalue weighted by atomic mass is 16.6. The van der Waals surface area contributed by atoms with Crippen molar-refractivity contribution >= 4 is 5.69 Å². The summed E-state index contributed by atoms with van der Waals surface area (Å²) < 4.78 is 0. The molecule has 6 heteroatoms. The second-order valence-corrected chi connectivity index (χ2v) is 2.95. The largest absolute Gasteiger partial charge is 0.507 e. The molecule has 0 aliphatic rings. The molecule has 0 unspecified atom stereocenters. The Hall–Kier alpha value is -2.37. The van der Waals surface area contributed by atoms with Gasteiger partial charge in [0.05, 0.1) is 11.1 Å². The maximum absolute atomic E-state index is 10.5. The number of H-pyrrole nitrogens is 1. The standard InChI is InChI=1S/C9H7N3O3/c13-9-2-1-7(12(14)15)3-8(9)6-4-10-11-5-6/h1-5,13H,(H,10,11). The normalized spacial score (nSPS) is 10.1. The Bertz CT molecular complexity index is 493. The average molecular weight is 205 g/mol. The third-order valence-electron chi connectivity index (χ3n) is 2.00. The molecule has 76 valence electrons. The number of nitro benzene ring substituents is 1. The van der Waals surface area contributed by atoms with Gasteiger partial charge in [0.2, 0.25) is 0 Å². The van der Waals surface area contributed by atoms with E-state index in [1.807, 2.05) is 0 Å². The van der Waals surface area contributed by atoms with Crippen molar-refractivity contribution < 1.29 is 10.0 Å². The molecule has 0 saturated heterocycles. The van der Waals surface area contributed by atoms with Gasteiger partial charge in [-0.1, -0.05) is 0 Å². The van der Waals surface area contributed by atoms with Crippen molar-refractivity contribution in [1.29, 1.82) is 0 Å². The zero-order valence-electron chi connectivity index (χ0n) is 7.54. The lowest BCUT2D eigenvalue weighted by Crippen LogP contribution is -1.88. The molecule has 2 rings (SSSR count). The third kappa shape index (κ3) is 1.64. The number of nitro groups is 1. The first kappa shape index (κ1) is 9.20. The third-order valence-corrected chi connectivity index (χ3v) is 2.00. The fourth-order valence-electron chi connectivity index (χ4n) is 1.27. The maximum atomic E-state index is 10.5. The van der Waals surface area contributed by atoms with Crippen molar-refractivity contribution in [2.75, 3.05) is 0 Å². The van der Waals surface area contributed by atoms with Crippen molar-refractivity contribution in [1.82, 2.24) is 10.2 Å². The minimum absolute atomic E-state index is 0.0120. The smallest absolute Gasteiger partial charge is 0.270 e. The van der Waals surface area contributed by atoms with Crippen molar-refractivity contribution in [2.45, 2.75) is 0 Å². The Labute approximate surface area is 84.3 Å². The molecule has 1 heterocycles. The first-order valence-corrected chi connectivity index (χ1v) is 4.15. The molecule has 2 N–H and O–H groups in total. The molecule has 0 aliphatic carbocycles. The topological polar surface area (TPSA) is 92.1 Å². The molecule has 0 spiro atoms. The van der Waals surface area contributed by atoms with Gasteiger partial charge in [-0.3, -0.25) is 15.2 Å². The molecule has 0 radical (unpaired) electrons. The van der Waals surface area contributed by atoms with Crippen LogP contribution in [0.1, 0.15) is 0 Å². The molecular weight excluding hydrogens is 198 g/mol. The Morgan fingerprint density at radius 2 is 2.27 bits per heavy atom. The number of hydrogen-bond donors (Lipinski definition) is 2. The van der Waals surface area contributed by atoms with E-state index < -0.39 is 4.92 Å². The lowest BCUT2D eigenvalue weighted by molar-refractivity contribution is -0.384. The summed E-state index contributed by atoms with van der Waals surface area (Å²) in [7, 11) is 0.